The third-order valence-electron chi connectivity index (χ3n) is 2.83. The van der Waals surface area contributed by atoms with E-state index in [0.717, 1.165) is 12.4 Å². The lowest BCUT2D eigenvalue weighted by molar-refractivity contribution is 0.695. The summed E-state index contributed by atoms with van der Waals surface area (Å²) in [6, 6.07) is 0. The smallest absolute Gasteiger partial charge is 0.0968 e. The second kappa shape index (κ2) is 6.01. The van der Waals surface area contributed by atoms with E-state index in [4.69, 9.17) is 5.73 Å². The Balaban J connectivity index is 2.16. The molecule has 0 unspecified atom stereocenters. The minimum Gasteiger partial charge on any atom is -0.387 e. The second-order valence-corrected chi connectivity index (χ2v) is 4.00. The largest absolute Gasteiger partial charge is 0.387 e. The fourth-order valence-corrected chi connectivity index (χ4v) is 1.92. The average Bonchev–Trinajstić information content (AvgIpc) is 2.65. The number of hydrogen-bond acceptors (Lipinski definition) is 1. The van der Waals surface area contributed by atoms with E-state index in [1.807, 2.05) is 0 Å². The normalized spacial score (nSPS) is 19.6. The molecule has 0 spiro atoms. The lowest BCUT2D eigenvalue weighted by Gasteiger charge is -2.07. The van der Waals surface area contributed by atoms with Gasteiger partial charge in [-0.05, 0) is 19.3 Å². The molecule has 0 bridgehead atoms. The van der Waals surface area contributed by atoms with Gasteiger partial charge in [-0.2, -0.15) is 0 Å². The van der Waals surface area contributed by atoms with E-state index in [2.05, 4.69) is 11.9 Å². The van der Waals surface area contributed by atoms with Crippen LogP contribution in [0.5, 0.6) is 0 Å². The number of aliphatic imine (C=N–C) groups is 1. The van der Waals surface area contributed by atoms with Crippen LogP contribution in [-0.2, 0) is 0 Å². The van der Waals surface area contributed by atoms with Crippen molar-refractivity contribution in [2.75, 3.05) is 6.54 Å². The number of rotatable bonds is 5. The molecular weight excluding hydrogens is 160 g/mol. The van der Waals surface area contributed by atoms with Crippen LogP contribution in [0.15, 0.2) is 4.99 Å². The first-order valence-electron chi connectivity index (χ1n) is 5.64. The van der Waals surface area contributed by atoms with Gasteiger partial charge in [-0.15, -0.1) is 0 Å². The first kappa shape index (κ1) is 10.6. The van der Waals surface area contributed by atoms with Gasteiger partial charge >= 0.3 is 0 Å². The molecule has 1 aliphatic rings. The molecule has 2 N–H and O–H groups in total. The van der Waals surface area contributed by atoms with Gasteiger partial charge in [0.25, 0.3) is 0 Å². The highest BCUT2D eigenvalue weighted by Crippen LogP contribution is 2.24. The van der Waals surface area contributed by atoms with Gasteiger partial charge in [0.15, 0.2) is 0 Å². The molecule has 76 valence electrons. The Morgan fingerprint density at radius 1 is 1.31 bits per heavy atom. The fraction of sp³-hybridized carbons (Fsp3) is 0.909. The average molecular weight is 182 g/mol. The molecule has 0 atom stereocenters. The summed E-state index contributed by atoms with van der Waals surface area (Å²) >= 11 is 0. The van der Waals surface area contributed by atoms with E-state index in [-0.39, 0.29) is 0 Å². The van der Waals surface area contributed by atoms with Crippen LogP contribution in [0.25, 0.3) is 0 Å². The number of nitrogens with zero attached hydrogens (tertiary/aromatic N) is 1. The molecule has 0 aromatic carbocycles. The van der Waals surface area contributed by atoms with Crippen LogP contribution in [0.3, 0.4) is 0 Å². The van der Waals surface area contributed by atoms with Crippen molar-refractivity contribution in [3.63, 3.8) is 0 Å². The molecule has 0 aliphatic heterocycles. The van der Waals surface area contributed by atoms with Gasteiger partial charge in [0.2, 0.25) is 0 Å². The SMILES string of the molecule is CCCCCN=C(N)C1CCCC1. The van der Waals surface area contributed by atoms with Crippen molar-refractivity contribution in [3.8, 4) is 0 Å². The Morgan fingerprint density at radius 3 is 2.62 bits per heavy atom. The summed E-state index contributed by atoms with van der Waals surface area (Å²) in [6.07, 6.45) is 8.96. The van der Waals surface area contributed by atoms with E-state index < -0.39 is 0 Å². The number of unbranched alkanes of at least 4 members (excludes halogenated alkanes) is 2. The predicted octanol–water partition coefficient (Wildman–Crippen LogP) is 2.72. The molecule has 1 fully saturated rings. The molecule has 0 radical (unpaired) electrons. The van der Waals surface area contributed by atoms with E-state index in [9.17, 15) is 0 Å². The zero-order valence-corrected chi connectivity index (χ0v) is 8.76. The van der Waals surface area contributed by atoms with Crippen LogP contribution < -0.4 is 5.73 Å². The molecule has 1 saturated carbocycles. The van der Waals surface area contributed by atoms with Crippen molar-refractivity contribution < 1.29 is 0 Å². The van der Waals surface area contributed by atoms with Crippen molar-refractivity contribution in [2.45, 2.75) is 51.9 Å². The topological polar surface area (TPSA) is 38.4 Å². The molecule has 13 heavy (non-hydrogen) atoms. The molecular formula is C11H22N2. The van der Waals surface area contributed by atoms with E-state index in [1.54, 1.807) is 0 Å². The molecule has 0 heterocycles. The zero-order valence-electron chi connectivity index (χ0n) is 8.76. The summed E-state index contributed by atoms with van der Waals surface area (Å²) in [7, 11) is 0. The predicted molar refractivity (Wildman–Crippen MR) is 58.0 cm³/mol. The Bertz CT molecular complexity index is 157. The Labute approximate surface area is 81.6 Å². The Hall–Kier alpha value is -0.530. The number of hydrogen-bond donors (Lipinski definition) is 1. The van der Waals surface area contributed by atoms with E-state index in [0.29, 0.717) is 5.92 Å². The van der Waals surface area contributed by atoms with Crippen molar-refractivity contribution in [1.82, 2.24) is 0 Å². The van der Waals surface area contributed by atoms with Gasteiger partial charge in [0, 0.05) is 12.5 Å². The van der Waals surface area contributed by atoms with Crippen LogP contribution in [0, 0.1) is 5.92 Å². The Morgan fingerprint density at radius 2 is 2.00 bits per heavy atom. The zero-order chi connectivity index (χ0) is 9.52. The maximum atomic E-state index is 5.91. The number of nitrogens with two attached hydrogens (primary N) is 1. The minimum atomic E-state index is 0.613. The first-order chi connectivity index (χ1) is 6.34. The van der Waals surface area contributed by atoms with Gasteiger partial charge in [-0.25, -0.2) is 0 Å². The highest BCUT2D eigenvalue weighted by atomic mass is 14.9. The van der Waals surface area contributed by atoms with Gasteiger partial charge in [0.05, 0.1) is 5.84 Å². The fourth-order valence-electron chi connectivity index (χ4n) is 1.92. The third-order valence-corrected chi connectivity index (χ3v) is 2.83. The lowest BCUT2D eigenvalue weighted by atomic mass is 10.1. The van der Waals surface area contributed by atoms with Gasteiger partial charge < -0.3 is 5.73 Å². The van der Waals surface area contributed by atoms with Crippen LogP contribution >= 0.6 is 0 Å². The molecule has 0 saturated heterocycles. The summed E-state index contributed by atoms with van der Waals surface area (Å²) in [5, 5.41) is 0. The maximum Gasteiger partial charge on any atom is 0.0968 e. The van der Waals surface area contributed by atoms with E-state index in [1.165, 1.54) is 44.9 Å². The quantitative estimate of drug-likeness (QED) is 0.396. The summed E-state index contributed by atoms with van der Waals surface area (Å²) in [5.41, 5.74) is 5.91. The highest BCUT2D eigenvalue weighted by molar-refractivity contribution is 5.83. The van der Waals surface area contributed by atoms with Crippen LogP contribution in [0.4, 0.5) is 0 Å². The highest BCUT2D eigenvalue weighted by Gasteiger charge is 2.17. The van der Waals surface area contributed by atoms with E-state index >= 15 is 0 Å². The molecule has 2 nitrogen and oxygen atoms in total. The summed E-state index contributed by atoms with van der Waals surface area (Å²) in [6.45, 7) is 3.15. The van der Waals surface area contributed by atoms with Gasteiger partial charge in [0.1, 0.15) is 0 Å². The molecule has 1 rings (SSSR count). The van der Waals surface area contributed by atoms with Crippen LogP contribution in [0.1, 0.15) is 51.9 Å². The van der Waals surface area contributed by atoms with Crippen molar-refractivity contribution in [3.05, 3.63) is 0 Å². The molecule has 0 aromatic heterocycles. The second-order valence-electron chi connectivity index (χ2n) is 4.00. The van der Waals surface area contributed by atoms with Gasteiger partial charge in [-0.3, -0.25) is 4.99 Å². The van der Waals surface area contributed by atoms with Crippen molar-refractivity contribution in [1.29, 1.82) is 0 Å². The summed E-state index contributed by atoms with van der Waals surface area (Å²) in [4.78, 5) is 4.44. The standard InChI is InChI=1S/C11H22N2/c1-2-3-6-9-13-11(12)10-7-4-5-8-10/h10H,2-9H2,1H3,(H2,12,13). The molecule has 0 aromatic rings. The lowest BCUT2D eigenvalue weighted by Crippen LogP contribution is -2.21. The van der Waals surface area contributed by atoms with Gasteiger partial charge in [-0.1, -0.05) is 32.6 Å². The van der Waals surface area contributed by atoms with Crippen molar-refractivity contribution >= 4 is 5.84 Å². The molecule has 1 aliphatic carbocycles. The molecule has 0 amide bonds. The molecule has 2 heteroatoms. The number of amidine groups is 1. The Kier molecular flexibility index (Phi) is 4.87. The first-order valence-corrected chi connectivity index (χ1v) is 5.64. The van der Waals surface area contributed by atoms with Crippen LogP contribution in [-0.4, -0.2) is 12.4 Å². The van der Waals surface area contributed by atoms with Crippen molar-refractivity contribution in [2.24, 2.45) is 16.6 Å². The summed E-state index contributed by atoms with van der Waals surface area (Å²) < 4.78 is 0. The monoisotopic (exact) mass is 182 g/mol. The van der Waals surface area contributed by atoms with Crippen LogP contribution in [0.2, 0.25) is 0 Å². The summed E-state index contributed by atoms with van der Waals surface area (Å²) in [5.74, 6) is 1.54. The third kappa shape index (κ3) is 3.79. The minimum absolute atomic E-state index is 0.613. The maximum absolute atomic E-state index is 5.91.